The Morgan fingerprint density at radius 2 is 2.00 bits per heavy atom. The van der Waals surface area contributed by atoms with Gasteiger partial charge in [0.05, 0.1) is 0 Å². The summed E-state index contributed by atoms with van der Waals surface area (Å²) in [5.74, 6) is 0. The molecule has 0 fully saturated rings. The summed E-state index contributed by atoms with van der Waals surface area (Å²) in [6.45, 7) is 7.08. The first-order chi connectivity index (χ1) is 4.92. The van der Waals surface area contributed by atoms with E-state index >= 15 is 0 Å². The zero-order chi connectivity index (χ0) is 8.91. The average Bonchev–Trinajstić information content (AvgIpc) is 1.78. The van der Waals surface area contributed by atoms with Crippen LogP contribution < -0.4 is 4.72 Å². The molecule has 0 bridgehead atoms. The highest BCUT2D eigenvalue weighted by Gasteiger charge is 2.08. The molecule has 0 aromatic carbocycles. The molecule has 0 saturated heterocycles. The molecule has 0 aliphatic carbocycles. The van der Waals surface area contributed by atoms with E-state index in [4.69, 9.17) is 4.55 Å². The van der Waals surface area contributed by atoms with Gasteiger partial charge in [0.25, 0.3) is 0 Å². The van der Waals surface area contributed by atoms with E-state index in [1.807, 2.05) is 0 Å². The van der Waals surface area contributed by atoms with Crippen LogP contribution in [0.15, 0.2) is 0 Å². The van der Waals surface area contributed by atoms with Crippen molar-refractivity contribution in [2.75, 3.05) is 6.54 Å². The lowest BCUT2D eigenvalue weighted by atomic mass is 9.91. The number of hydrogen-bond donors (Lipinski definition) is 2. The fourth-order valence-corrected chi connectivity index (χ4v) is 1.10. The minimum Gasteiger partial charge on any atom is -0.294 e. The zero-order valence-electron chi connectivity index (χ0n) is 7.39. The lowest BCUT2D eigenvalue weighted by Crippen LogP contribution is -2.19. The van der Waals surface area contributed by atoms with Gasteiger partial charge in [0, 0.05) is 6.54 Å². The van der Waals surface area contributed by atoms with Crippen LogP contribution in [0.4, 0.5) is 0 Å². The molecular formula is C7H17NO2S. The first-order valence-electron chi connectivity index (χ1n) is 3.76. The summed E-state index contributed by atoms with van der Waals surface area (Å²) in [6, 6.07) is 0. The Morgan fingerprint density at radius 3 is 2.36 bits per heavy atom. The van der Waals surface area contributed by atoms with Crippen molar-refractivity contribution in [1.82, 2.24) is 4.72 Å². The Kier molecular flexibility index (Phi) is 4.88. The molecule has 0 saturated carbocycles. The van der Waals surface area contributed by atoms with Gasteiger partial charge < -0.3 is 0 Å². The number of rotatable bonds is 4. The van der Waals surface area contributed by atoms with Crippen molar-refractivity contribution in [3.05, 3.63) is 0 Å². The first-order valence-corrected chi connectivity index (χ1v) is 4.87. The smallest absolute Gasteiger partial charge is 0.231 e. The van der Waals surface area contributed by atoms with E-state index in [1.54, 1.807) is 0 Å². The predicted octanol–water partition coefficient (Wildman–Crippen LogP) is 1.54. The van der Waals surface area contributed by atoms with Gasteiger partial charge in [-0.3, -0.25) is 4.55 Å². The summed E-state index contributed by atoms with van der Waals surface area (Å²) in [7, 11) is 0. The number of hydrogen-bond acceptors (Lipinski definition) is 1. The fraction of sp³-hybridized carbons (Fsp3) is 1.00. The van der Waals surface area contributed by atoms with E-state index in [2.05, 4.69) is 25.5 Å². The van der Waals surface area contributed by atoms with Crippen molar-refractivity contribution in [2.45, 2.75) is 33.6 Å². The second-order valence-corrected chi connectivity index (χ2v) is 4.59. The standard InChI is InChI=1S/C7H17NO2S/c1-7(2,3)5-4-6-8-11(9)10/h8H,4-6H2,1-3H3,(H,9,10). The van der Waals surface area contributed by atoms with Crippen LogP contribution in [0.5, 0.6) is 0 Å². The van der Waals surface area contributed by atoms with Gasteiger partial charge in [-0.15, -0.1) is 0 Å². The maximum absolute atomic E-state index is 10.1. The van der Waals surface area contributed by atoms with E-state index in [0.717, 1.165) is 12.8 Å². The van der Waals surface area contributed by atoms with E-state index < -0.39 is 11.3 Å². The Morgan fingerprint density at radius 1 is 1.45 bits per heavy atom. The lowest BCUT2D eigenvalue weighted by molar-refractivity contribution is 0.365. The highest BCUT2D eigenvalue weighted by atomic mass is 32.2. The predicted molar refractivity (Wildman–Crippen MR) is 47.5 cm³/mol. The number of nitrogens with one attached hydrogen (secondary N) is 1. The molecule has 0 heterocycles. The maximum atomic E-state index is 10.1. The van der Waals surface area contributed by atoms with Crippen LogP contribution >= 0.6 is 0 Å². The van der Waals surface area contributed by atoms with Crippen LogP contribution in [0.25, 0.3) is 0 Å². The molecule has 0 rings (SSSR count). The molecule has 0 aliphatic heterocycles. The normalized spacial score (nSPS) is 14.9. The van der Waals surface area contributed by atoms with Gasteiger partial charge in [0.1, 0.15) is 0 Å². The Labute approximate surface area is 71.0 Å². The molecule has 0 aromatic rings. The molecule has 3 nitrogen and oxygen atoms in total. The molecule has 2 N–H and O–H groups in total. The van der Waals surface area contributed by atoms with E-state index in [-0.39, 0.29) is 0 Å². The molecule has 1 atom stereocenters. The average molecular weight is 179 g/mol. The van der Waals surface area contributed by atoms with E-state index in [0.29, 0.717) is 12.0 Å². The van der Waals surface area contributed by atoms with Crippen molar-refractivity contribution < 1.29 is 8.76 Å². The third kappa shape index (κ3) is 10.1. The minimum atomic E-state index is -1.84. The minimum absolute atomic E-state index is 0.318. The topological polar surface area (TPSA) is 49.3 Å². The van der Waals surface area contributed by atoms with Crippen molar-refractivity contribution >= 4 is 11.3 Å². The molecular weight excluding hydrogens is 162 g/mol. The van der Waals surface area contributed by atoms with Crippen LogP contribution in [0.1, 0.15) is 33.6 Å². The lowest BCUT2D eigenvalue weighted by Gasteiger charge is -2.17. The second kappa shape index (κ2) is 4.85. The van der Waals surface area contributed by atoms with E-state index in [1.165, 1.54) is 0 Å². The summed E-state index contributed by atoms with van der Waals surface area (Å²) in [6.07, 6.45) is 2.01. The van der Waals surface area contributed by atoms with Gasteiger partial charge >= 0.3 is 0 Å². The quantitative estimate of drug-likeness (QED) is 0.508. The van der Waals surface area contributed by atoms with Gasteiger partial charge in [0.15, 0.2) is 0 Å². The molecule has 11 heavy (non-hydrogen) atoms. The van der Waals surface area contributed by atoms with Crippen LogP contribution in [-0.4, -0.2) is 15.3 Å². The highest BCUT2D eigenvalue weighted by Crippen LogP contribution is 2.19. The summed E-state index contributed by atoms with van der Waals surface area (Å²) in [4.78, 5) is 0. The van der Waals surface area contributed by atoms with Crippen molar-refractivity contribution in [2.24, 2.45) is 5.41 Å². The van der Waals surface area contributed by atoms with Gasteiger partial charge in [-0.1, -0.05) is 20.8 Å². The summed E-state index contributed by atoms with van der Waals surface area (Å²) in [5.41, 5.74) is 0.318. The Hall–Kier alpha value is 0.0700. The van der Waals surface area contributed by atoms with Gasteiger partial charge in [-0.25, -0.2) is 8.93 Å². The highest BCUT2D eigenvalue weighted by molar-refractivity contribution is 7.77. The fourth-order valence-electron chi connectivity index (χ4n) is 0.778. The molecule has 0 radical (unpaired) electrons. The third-order valence-electron chi connectivity index (χ3n) is 1.33. The molecule has 1 unspecified atom stereocenters. The van der Waals surface area contributed by atoms with Crippen LogP contribution in [-0.2, 0) is 11.3 Å². The van der Waals surface area contributed by atoms with E-state index in [9.17, 15) is 4.21 Å². The van der Waals surface area contributed by atoms with Crippen molar-refractivity contribution in [3.63, 3.8) is 0 Å². The maximum Gasteiger partial charge on any atom is 0.231 e. The second-order valence-electron chi connectivity index (χ2n) is 3.81. The van der Waals surface area contributed by atoms with Crippen LogP contribution in [0, 0.1) is 5.41 Å². The van der Waals surface area contributed by atoms with Crippen molar-refractivity contribution in [1.29, 1.82) is 0 Å². The first kappa shape index (κ1) is 11.1. The molecule has 0 spiro atoms. The van der Waals surface area contributed by atoms with Crippen LogP contribution in [0.3, 0.4) is 0 Å². The van der Waals surface area contributed by atoms with Crippen LogP contribution in [0.2, 0.25) is 0 Å². The summed E-state index contributed by atoms with van der Waals surface area (Å²) in [5, 5.41) is 0. The largest absolute Gasteiger partial charge is 0.294 e. The van der Waals surface area contributed by atoms with Crippen molar-refractivity contribution in [3.8, 4) is 0 Å². The third-order valence-corrected chi connectivity index (χ3v) is 1.78. The Balaban J connectivity index is 3.22. The summed E-state index contributed by atoms with van der Waals surface area (Å²) < 4.78 is 20.9. The monoisotopic (exact) mass is 179 g/mol. The zero-order valence-corrected chi connectivity index (χ0v) is 8.20. The molecule has 0 aliphatic rings. The molecule has 0 aromatic heterocycles. The molecule has 0 amide bonds. The van der Waals surface area contributed by atoms with Gasteiger partial charge in [-0.05, 0) is 18.3 Å². The van der Waals surface area contributed by atoms with Gasteiger partial charge in [0.2, 0.25) is 11.3 Å². The SMILES string of the molecule is CC(C)(C)CCCNS(=O)O. The Bertz CT molecular complexity index is 131. The molecule has 68 valence electrons. The summed E-state index contributed by atoms with van der Waals surface area (Å²) >= 11 is -1.84. The van der Waals surface area contributed by atoms with Gasteiger partial charge in [-0.2, -0.15) is 0 Å². The molecule has 4 heteroatoms.